The van der Waals surface area contributed by atoms with E-state index in [2.05, 4.69) is 11.6 Å². The highest BCUT2D eigenvalue weighted by Crippen LogP contribution is 2.34. The quantitative estimate of drug-likeness (QED) is 0.848. The van der Waals surface area contributed by atoms with Gasteiger partial charge < -0.3 is 0 Å². The van der Waals surface area contributed by atoms with E-state index in [1.165, 1.54) is 0 Å². The number of hydrogen-bond acceptors (Lipinski definition) is 2. The average molecular weight is 225 g/mol. The van der Waals surface area contributed by atoms with Gasteiger partial charge in [0.2, 0.25) is 10.0 Å². The molecular formula is C11H15NO2S. The van der Waals surface area contributed by atoms with E-state index >= 15 is 0 Å². The van der Waals surface area contributed by atoms with Crippen LogP contribution in [0.3, 0.4) is 0 Å². The van der Waals surface area contributed by atoms with Crippen molar-refractivity contribution in [1.29, 1.82) is 0 Å². The molecule has 1 aliphatic carbocycles. The molecule has 1 fully saturated rings. The zero-order chi connectivity index (χ0) is 10.9. The first-order valence-corrected chi connectivity index (χ1v) is 6.69. The van der Waals surface area contributed by atoms with Gasteiger partial charge in [-0.2, -0.15) is 0 Å². The predicted molar refractivity (Wildman–Crippen MR) is 58.9 cm³/mol. The Morgan fingerprint density at radius 1 is 1.33 bits per heavy atom. The third-order valence-corrected chi connectivity index (χ3v) is 4.31. The number of nitrogens with one attached hydrogen (secondary N) is 1. The summed E-state index contributed by atoms with van der Waals surface area (Å²) in [7, 11) is -3.29. The van der Waals surface area contributed by atoms with Crippen molar-refractivity contribution in [3.63, 3.8) is 0 Å². The lowest BCUT2D eigenvalue weighted by Crippen LogP contribution is -2.26. The summed E-state index contributed by atoms with van der Waals surface area (Å²) >= 11 is 0. The van der Waals surface area contributed by atoms with Gasteiger partial charge in [-0.25, -0.2) is 13.1 Å². The molecule has 0 radical (unpaired) electrons. The number of benzene rings is 1. The number of rotatable bonds is 4. The fourth-order valence-electron chi connectivity index (χ4n) is 1.71. The highest BCUT2D eigenvalue weighted by Gasteiger charge is 2.38. The first-order valence-electron chi connectivity index (χ1n) is 5.21. The van der Waals surface area contributed by atoms with Crippen LogP contribution in [0.2, 0.25) is 0 Å². The van der Waals surface area contributed by atoms with Crippen LogP contribution in [0.5, 0.6) is 0 Å². The Morgan fingerprint density at radius 2 is 2.00 bits per heavy atom. The first-order chi connectivity index (χ1) is 7.13. The van der Waals surface area contributed by atoms with E-state index in [1.54, 1.807) is 24.3 Å². The summed E-state index contributed by atoms with van der Waals surface area (Å²) in [5.41, 5.74) is 0. The minimum Gasteiger partial charge on any atom is -0.208 e. The minimum atomic E-state index is -3.29. The Balaban J connectivity index is 2.09. The van der Waals surface area contributed by atoms with Crippen molar-refractivity contribution in [3.8, 4) is 0 Å². The second kappa shape index (κ2) is 3.94. The van der Waals surface area contributed by atoms with E-state index < -0.39 is 10.0 Å². The van der Waals surface area contributed by atoms with Crippen LogP contribution in [0.25, 0.3) is 0 Å². The second-order valence-corrected chi connectivity index (χ2v) is 5.66. The van der Waals surface area contributed by atoms with Crippen molar-refractivity contribution in [1.82, 2.24) is 4.72 Å². The molecule has 0 aliphatic heterocycles. The molecule has 3 nitrogen and oxygen atoms in total. The molecule has 82 valence electrons. The normalized spacial score (nSPS) is 25.1. The van der Waals surface area contributed by atoms with Gasteiger partial charge in [-0.3, -0.25) is 0 Å². The van der Waals surface area contributed by atoms with Gasteiger partial charge in [0, 0.05) is 6.04 Å². The Kier molecular flexibility index (Phi) is 2.80. The third-order valence-electron chi connectivity index (χ3n) is 2.81. The van der Waals surface area contributed by atoms with Crippen molar-refractivity contribution >= 4 is 10.0 Å². The van der Waals surface area contributed by atoms with Crippen molar-refractivity contribution in [2.45, 2.75) is 30.7 Å². The van der Waals surface area contributed by atoms with E-state index in [0.29, 0.717) is 10.8 Å². The van der Waals surface area contributed by atoms with E-state index in [9.17, 15) is 8.42 Å². The molecular weight excluding hydrogens is 210 g/mol. The highest BCUT2D eigenvalue weighted by atomic mass is 32.2. The predicted octanol–water partition coefficient (Wildman–Crippen LogP) is 1.76. The van der Waals surface area contributed by atoms with Crippen molar-refractivity contribution in [2.75, 3.05) is 0 Å². The van der Waals surface area contributed by atoms with Gasteiger partial charge in [-0.15, -0.1) is 0 Å². The zero-order valence-electron chi connectivity index (χ0n) is 8.68. The van der Waals surface area contributed by atoms with Crippen molar-refractivity contribution < 1.29 is 8.42 Å². The van der Waals surface area contributed by atoms with Gasteiger partial charge in [0.1, 0.15) is 0 Å². The van der Waals surface area contributed by atoms with Gasteiger partial charge in [0.15, 0.2) is 0 Å². The molecule has 1 saturated carbocycles. The fraction of sp³-hybridized carbons (Fsp3) is 0.455. The van der Waals surface area contributed by atoms with Gasteiger partial charge in [0.25, 0.3) is 0 Å². The standard InChI is InChI=1S/C11H15NO2S/c1-2-9-8-11(9)12-15(13,14)10-6-4-3-5-7-10/h3-7,9,11-12H,2,8H2,1H3. The number of sulfonamides is 1. The van der Waals surface area contributed by atoms with Gasteiger partial charge >= 0.3 is 0 Å². The average Bonchev–Trinajstić information content (AvgIpc) is 2.97. The van der Waals surface area contributed by atoms with Crippen LogP contribution in [0.4, 0.5) is 0 Å². The Morgan fingerprint density at radius 3 is 2.53 bits per heavy atom. The molecule has 0 saturated heterocycles. The molecule has 2 unspecified atom stereocenters. The summed E-state index contributed by atoms with van der Waals surface area (Å²) in [6.07, 6.45) is 2.02. The topological polar surface area (TPSA) is 46.2 Å². The van der Waals surface area contributed by atoms with Crippen LogP contribution >= 0.6 is 0 Å². The summed E-state index contributed by atoms with van der Waals surface area (Å²) in [4.78, 5) is 0.353. The molecule has 0 spiro atoms. The van der Waals surface area contributed by atoms with Crippen LogP contribution in [-0.4, -0.2) is 14.5 Å². The van der Waals surface area contributed by atoms with Crippen LogP contribution in [0.15, 0.2) is 35.2 Å². The molecule has 15 heavy (non-hydrogen) atoms. The largest absolute Gasteiger partial charge is 0.240 e. The molecule has 4 heteroatoms. The maximum Gasteiger partial charge on any atom is 0.240 e. The third kappa shape index (κ3) is 2.38. The maximum atomic E-state index is 11.8. The van der Waals surface area contributed by atoms with Gasteiger partial charge in [0.05, 0.1) is 4.90 Å². The molecule has 1 N–H and O–H groups in total. The lowest BCUT2D eigenvalue weighted by atomic mass is 10.3. The van der Waals surface area contributed by atoms with E-state index in [4.69, 9.17) is 0 Å². The molecule has 0 aromatic heterocycles. The van der Waals surface area contributed by atoms with E-state index in [-0.39, 0.29) is 6.04 Å². The molecule has 0 bridgehead atoms. The van der Waals surface area contributed by atoms with Crippen LogP contribution < -0.4 is 4.72 Å². The summed E-state index contributed by atoms with van der Waals surface area (Å²) in [5.74, 6) is 0.531. The first kappa shape index (κ1) is 10.6. The van der Waals surface area contributed by atoms with Crippen LogP contribution in [0.1, 0.15) is 19.8 Å². The Bertz CT molecular complexity index is 427. The highest BCUT2D eigenvalue weighted by molar-refractivity contribution is 7.89. The summed E-state index contributed by atoms with van der Waals surface area (Å²) < 4.78 is 26.4. The smallest absolute Gasteiger partial charge is 0.208 e. The number of hydrogen-bond donors (Lipinski definition) is 1. The maximum absolute atomic E-state index is 11.8. The Labute approximate surface area is 90.6 Å². The van der Waals surface area contributed by atoms with Crippen molar-refractivity contribution in [2.24, 2.45) is 5.92 Å². The molecule has 1 aromatic rings. The van der Waals surface area contributed by atoms with E-state index in [1.807, 2.05) is 6.07 Å². The molecule has 2 atom stereocenters. The molecule has 0 amide bonds. The zero-order valence-corrected chi connectivity index (χ0v) is 9.50. The second-order valence-electron chi connectivity index (χ2n) is 3.94. The summed E-state index contributed by atoms with van der Waals surface area (Å²) in [5, 5.41) is 0. The summed E-state index contributed by atoms with van der Waals surface area (Å²) in [6, 6.07) is 8.67. The van der Waals surface area contributed by atoms with Crippen LogP contribution in [0, 0.1) is 5.92 Å². The summed E-state index contributed by atoms with van der Waals surface area (Å²) in [6.45, 7) is 2.08. The SMILES string of the molecule is CCC1CC1NS(=O)(=O)c1ccccc1. The molecule has 1 aromatic carbocycles. The monoisotopic (exact) mass is 225 g/mol. The van der Waals surface area contributed by atoms with Gasteiger partial charge in [-0.05, 0) is 24.5 Å². The van der Waals surface area contributed by atoms with Crippen LogP contribution in [-0.2, 0) is 10.0 Å². The lowest BCUT2D eigenvalue weighted by Gasteiger charge is -2.05. The molecule has 0 heterocycles. The Hall–Kier alpha value is -0.870. The van der Waals surface area contributed by atoms with E-state index in [0.717, 1.165) is 12.8 Å². The lowest BCUT2D eigenvalue weighted by molar-refractivity contribution is 0.576. The fourth-order valence-corrected chi connectivity index (χ4v) is 3.05. The van der Waals surface area contributed by atoms with Crippen molar-refractivity contribution in [3.05, 3.63) is 30.3 Å². The minimum absolute atomic E-state index is 0.153. The molecule has 1 aliphatic rings. The van der Waals surface area contributed by atoms with Gasteiger partial charge in [-0.1, -0.05) is 31.5 Å². The molecule has 2 rings (SSSR count).